The molecule has 98 valence electrons. The number of ketones is 1. The molecule has 0 saturated heterocycles. The van der Waals surface area contributed by atoms with Gasteiger partial charge in [-0.05, 0) is 29.8 Å². The molecule has 0 saturated carbocycles. The van der Waals surface area contributed by atoms with Crippen molar-refractivity contribution in [2.24, 2.45) is 0 Å². The number of rotatable bonds is 6. The topological polar surface area (TPSA) is 46.5 Å². The van der Waals surface area contributed by atoms with E-state index in [4.69, 9.17) is 9.84 Å². The van der Waals surface area contributed by atoms with Gasteiger partial charge in [-0.1, -0.05) is 30.3 Å². The van der Waals surface area contributed by atoms with E-state index in [2.05, 4.69) is 0 Å². The highest BCUT2D eigenvalue weighted by molar-refractivity contribution is 5.97. The van der Waals surface area contributed by atoms with Crippen molar-refractivity contribution in [2.75, 3.05) is 13.2 Å². The van der Waals surface area contributed by atoms with Crippen molar-refractivity contribution >= 4 is 5.78 Å². The Labute approximate surface area is 112 Å². The number of ether oxygens (including phenoxy) is 1. The standard InChI is InChI=1S/C16H16O3/c17-10-11-19-15-8-6-14(7-9-15)16(18)12-13-4-2-1-3-5-13/h1-9,17H,10-12H2. The van der Waals surface area contributed by atoms with Crippen LogP contribution in [0.25, 0.3) is 0 Å². The van der Waals surface area contributed by atoms with Gasteiger partial charge in [-0.15, -0.1) is 0 Å². The number of hydrogen-bond acceptors (Lipinski definition) is 3. The Bertz CT molecular complexity index is 517. The Hall–Kier alpha value is -2.13. The van der Waals surface area contributed by atoms with Crippen LogP contribution in [0.4, 0.5) is 0 Å². The molecule has 0 aliphatic rings. The fraction of sp³-hybridized carbons (Fsp3) is 0.188. The van der Waals surface area contributed by atoms with E-state index in [1.807, 2.05) is 30.3 Å². The second-order valence-electron chi connectivity index (χ2n) is 4.18. The van der Waals surface area contributed by atoms with Gasteiger partial charge in [-0.3, -0.25) is 4.79 Å². The van der Waals surface area contributed by atoms with Crippen LogP contribution in [0.5, 0.6) is 5.75 Å². The summed E-state index contributed by atoms with van der Waals surface area (Å²) in [5.41, 5.74) is 1.67. The maximum absolute atomic E-state index is 12.1. The second-order valence-corrected chi connectivity index (χ2v) is 4.18. The maximum atomic E-state index is 12.1. The summed E-state index contributed by atoms with van der Waals surface area (Å²) in [6, 6.07) is 16.6. The highest BCUT2D eigenvalue weighted by atomic mass is 16.5. The number of carbonyl (C=O) groups excluding carboxylic acids is 1. The van der Waals surface area contributed by atoms with Gasteiger partial charge in [-0.2, -0.15) is 0 Å². The number of aliphatic hydroxyl groups excluding tert-OH is 1. The molecule has 0 aliphatic carbocycles. The molecule has 0 radical (unpaired) electrons. The zero-order chi connectivity index (χ0) is 13.5. The monoisotopic (exact) mass is 256 g/mol. The Morgan fingerprint density at radius 1 is 1.00 bits per heavy atom. The van der Waals surface area contributed by atoms with Crippen molar-refractivity contribution in [1.82, 2.24) is 0 Å². The molecule has 2 rings (SSSR count). The van der Waals surface area contributed by atoms with Crippen LogP contribution >= 0.6 is 0 Å². The molecule has 0 spiro atoms. The summed E-state index contributed by atoms with van der Waals surface area (Å²) in [5.74, 6) is 0.741. The molecule has 1 N–H and O–H groups in total. The predicted octanol–water partition coefficient (Wildman–Crippen LogP) is 2.48. The van der Waals surface area contributed by atoms with Crippen LogP contribution in [0.2, 0.25) is 0 Å². The minimum absolute atomic E-state index is 0.0192. The van der Waals surface area contributed by atoms with Gasteiger partial charge >= 0.3 is 0 Å². The Morgan fingerprint density at radius 3 is 2.32 bits per heavy atom. The van der Waals surface area contributed by atoms with Gasteiger partial charge in [0.25, 0.3) is 0 Å². The fourth-order valence-electron chi connectivity index (χ4n) is 1.78. The lowest BCUT2D eigenvalue weighted by molar-refractivity contribution is 0.0993. The Kier molecular flexibility index (Phi) is 4.70. The molecule has 0 bridgehead atoms. The summed E-state index contributed by atoms with van der Waals surface area (Å²) in [6.07, 6.45) is 0.400. The van der Waals surface area contributed by atoms with Crippen molar-refractivity contribution in [3.63, 3.8) is 0 Å². The van der Waals surface area contributed by atoms with Crippen LogP contribution in [-0.4, -0.2) is 24.1 Å². The van der Waals surface area contributed by atoms with E-state index in [0.717, 1.165) is 5.56 Å². The van der Waals surface area contributed by atoms with E-state index in [1.54, 1.807) is 24.3 Å². The molecule has 19 heavy (non-hydrogen) atoms. The first-order valence-corrected chi connectivity index (χ1v) is 6.20. The third-order valence-corrected chi connectivity index (χ3v) is 2.74. The van der Waals surface area contributed by atoms with Gasteiger partial charge < -0.3 is 9.84 Å². The normalized spacial score (nSPS) is 10.2. The molecular formula is C16H16O3. The van der Waals surface area contributed by atoms with Crippen LogP contribution in [0.15, 0.2) is 54.6 Å². The van der Waals surface area contributed by atoms with E-state index in [9.17, 15) is 4.79 Å². The molecule has 2 aromatic carbocycles. The van der Waals surface area contributed by atoms with Crippen LogP contribution in [0, 0.1) is 0 Å². The minimum atomic E-state index is -0.0192. The largest absolute Gasteiger partial charge is 0.491 e. The van der Waals surface area contributed by atoms with Crippen molar-refractivity contribution in [2.45, 2.75) is 6.42 Å². The first-order valence-electron chi connectivity index (χ1n) is 6.20. The van der Waals surface area contributed by atoms with Crippen LogP contribution in [-0.2, 0) is 6.42 Å². The average molecular weight is 256 g/mol. The number of aliphatic hydroxyl groups is 1. The minimum Gasteiger partial charge on any atom is -0.491 e. The molecule has 0 fully saturated rings. The Balaban J connectivity index is 1.99. The van der Waals surface area contributed by atoms with Crippen LogP contribution < -0.4 is 4.74 Å². The lowest BCUT2D eigenvalue weighted by Gasteiger charge is -2.05. The average Bonchev–Trinajstić information content (AvgIpc) is 2.46. The highest BCUT2D eigenvalue weighted by Crippen LogP contribution is 2.14. The summed E-state index contributed by atoms with van der Waals surface area (Å²) in [5, 5.41) is 8.66. The summed E-state index contributed by atoms with van der Waals surface area (Å²) in [7, 11) is 0. The molecule has 0 unspecified atom stereocenters. The van der Waals surface area contributed by atoms with E-state index in [-0.39, 0.29) is 19.0 Å². The molecule has 0 atom stereocenters. The van der Waals surface area contributed by atoms with Crippen molar-refractivity contribution < 1.29 is 14.6 Å². The zero-order valence-corrected chi connectivity index (χ0v) is 10.6. The van der Waals surface area contributed by atoms with Crippen LogP contribution in [0.3, 0.4) is 0 Å². The van der Waals surface area contributed by atoms with Gasteiger partial charge in [0.2, 0.25) is 0 Å². The predicted molar refractivity (Wildman–Crippen MR) is 73.5 cm³/mol. The number of Topliss-reactive ketones (excluding diaryl/α,β-unsaturated/α-hetero) is 1. The number of hydrogen-bond donors (Lipinski definition) is 1. The maximum Gasteiger partial charge on any atom is 0.167 e. The first kappa shape index (κ1) is 13.3. The lowest BCUT2D eigenvalue weighted by atomic mass is 10.0. The Morgan fingerprint density at radius 2 is 1.68 bits per heavy atom. The van der Waals surface area contributed by atoms with Gasteiger partial charge in [-0.25, -0.2) is 0 Å². The summed E-state index contributed by atoms with van der Waals surface area (Å²) < 4.78 is 5.25. The SMILES string of the molecule is O=C(Cc1ccccc1)c1ccc(OCCO)cc1. The van der Waals surface area contributed by atoms with Gasteiger partial charge in [0, 0.05) is 12.0 Å². The summed E-state index contributed by atoms with van der Waals surface area (Å²) >= 11 is 0. The molecule has 3 heteroatoms. The van der Waals surface area contributed by atoms with E-state index in [1.165, 1.54) is 0 Å². The zero-order valence-electron chi connectivity index (χ0n) is 10.6. The fourth-order valence-corrected chi connectivity index (χ4v) is 1.78. The smallest absolute Gasteiger partial charge is 0.167 e. The van der Waals surface area contributed by atoms with Crippen molar-refractivity contribution in [1.29, 1.82) is 0 Å². The van der Waals surface area contributed by atoms with E-state index < -0.39 is 0 Å². The number of benzene rings is 2. The summed E-state index contributed by atoms with van der Waals surface area (Å²) in [6.45, 7) is 0.242. The molecular weight excluding hydrogens is 240 g/mol. The first-order chi connectivity index (χ1) is 9.29. The summed E-state index contributed by atoms with van der Waals surface area (Å²) in [4.78, 5) is 12.1. The molecule has 0 heterocycles. The number of carbonyl (C=O) groups is 1. The third kappa shape index (κ3) is 3.93. The molecule has 0 amide bonds. The van der Waals surface area contributed by atoms with Gasteiger partial charge in [0.15, 0.2) is 5.78 Å². The second kappa shape index (κ2) is 6.71. The van der Waals surface area contributed by atoms with Gasteiger partial charge in [0.1, 0.15) is 12.4 Å². The molecule has 0 aromatic heterocycles. The van der Waals surface area contributed by atoms with Crippen LogP contribution in [0.1, 0.15) is 15.9 Å². The molecule has 0 aliphatic heterocycles. The van der Waals surface area contributed by atoms with E-state index in [0.29, 0.717) is 17.7 Å². The van der Waals surface area contributed by atoms with Crippen molar-refractivity contribution in [3.05, 3.63) is 65.7 Å². The van der Waals surface area contributed by atoms with Crippen molar-refractivity contribution in [3.8, 4) is 5.75 Å². The van der Waals surface area contributed by atoms with E-state index >= 15 is 0 Å². The molecule has 2 aromatic rings. The van der Waals surface area contributed by atoms with Gasteiger partial charge in [0.05, 0.1) is 6.61 Å². The quantitative estimate of drug-likeness (QED) is 0.808. The third-order valence-electron chi connectivity index (χ3n) is 2.74. The molecule has 3 nitrogen and oxygen atoms in total. The lowest BCUT2D eigenvalue weighted by Crippen LogP contribution is -2.04. The highest BCUT2D eigenvalue weighted by Gasteiger charge is 2.06.